The van der Waals surface area contributed by atoms with Crippen molar-refractivity contribution in [3.05, 3.63) is 59.7 Å². The third-order valence-electron chi connectivity index (χ3n) is 6.40. The van der Waals surface area contributed by atoms with Crippen molar-refractivity contribution in [1.29, 1.82) is 0 Å². The molecular formula is C25H35N3O. The van der Waals surface area contributed by atoms with Crippen LogP contribution in [0.3, 0.4) is 0 Å². The predicted octanol–water partition coefficient (Wildman–Crippen LogP) is 4.63. The molecule has 0 bridgehead atoms. The molecule has 0 aromatic heterocycles. The topological polar surface area (TPSA) is 49.6 Å². The maximum absolute atomic E-state index is 13.1. The fraction of sp³-hybridized carbons (Fsp3) is 0.480. The summed E-state index contributed by atoms with van der Waals surface area (Å²) in [6.07, 6.45) is 1.34. The van der Waals surface area contributed by atoms with E-state index < -0.39 is 5.41 Å². The second-order valence-corrected chi connectivity index (χ2v) is 8.69. The fourth-order valence-electron chi connectivity index (χ4n) is 4.93. The summed E-state index contributed by atoms with van der Waals surface area (Å²) in [5, 5.41) is 0. The molecule has 2 aromatic rings. The maximum atomic E-state index is 13.1. The molecule has 4 nitrogen and oxygen atoms in total. The molecule has 0 fully saturated rings. The van der Waals surface area contributed by atoms with Gasteiger partial charge in [-0.15, -0.1) is 0 Å². The van der Waals surface area contributed by atoms with Crippen molar-refractivity contribution in [2.24, 2.45) is 5.73 Å². The van der Waals surface area contributed by atoms with Crippen molar-refractivity contribution in [3.63, 3.8) is 0 Å². The van der Waals surface area contributed by atoms with Gasteiger partial charge in [0.1, 0.15) is 0 Å². The molecule has 0 aliphatic carbocycles. The molecule has 1 aliphatic rings. The molecule has 2 aromatic carbocycles. The summed E-state index contributed by atoms with van der Waals surface area (Å²) in [4.78, 5) is 17.9. The summed E-state index contributed by atoms with van der Waals surface area (Å²) in [5.41, 5.74) is 9.98. The van der Waals surface area contributed by atoms with E-state index in [0.717, 1.165) is 24.3 Å². The molecule has 1 amide bonds. The first kappa shape index (κ1) is 21.4. The number of nitrogens with two attached hydrogens (primary N) is 1. The number of hydrogen-bond donors (Lipinski definition) is 1. The molecule has 1 atom stereocenters. The lowest BCUT2D eigenvalue weighted by atomic mass is 9.72. The minimum Gasteiger partial charge on any atom is -0.369 e. The summed E-state index contributed by atoms with van der Waals surface area (Å²) in [5.74, 6) is -0.231. The second kappa shape index (κ2) is 8.58. The van der Waals surface area contributed by atoms with Gasteiger partial charge in [0, 0.05) is 36.5 Å². The number of rotatable bonds is 7. The van der Waals surface area contributed by atoms with Gasteiger partial charge in [0.25, 0.3) is 0 Å². The van der Waals surface area contributed by atoms with Crippen LogP contribution in [0.1, 0.15) is 52.2 Å². The van der Waals surface area contributed by atoms with E-state index in [4.69, 9.17) is 5.73 Å². The summed E-state index contributed by atoms with van der Waals surface area (Å²) in [7, 11) is 0. The average molecular weight is 394 g/mol. The van der Waals surface area contributed by atoms with Gasteiger partial charge in [-0.1, -0.05) is 36.4 Å². The van der Waals surface area contributed by atoms with E-state index in [9.17, 15) is 4.79 Å². The van der Waals surface area contributed by atoms with Crippen LogP contribution in [0.25, 0.3) is 0 Å². The monoisotopic (exact) mass is 393 g/mol. The van der Waals surface area contributed by atoms with E-state index in [1.165, 1.54) is 11.3 Å². The van der Waals surface area contributed by atoms with Gasteiger partial charge in [-0.25, -0.2) is 0 Å². The summed E-state index contributed by atoms with van der Waals surface area (Å²) in [6, 6.07) is 17.6. The molecule has 29 heavy (non-hydrogen) atoms. The largest absolute Gasteiger partial charge is 0.369 e. The van der Waals surface area contributed by atoms with Crippen LogP contribution in [0.4, 0.5) is 11.4 Å². The maximum Gasteiger partial charge on any atom is 0.228 e. The van der Waals surface area contributed by atoms with Crippen molar-refractivity contribution >= 4 is 17.3 Å². The van der Waals surface area contributed by atoms with Gasteiger partial charge in [0.15, 0.2) is 0 Å². The van der Waals surface area contributed by atoms with Crippen molar-refractivity contribution in [3.8, 4) is 0 Å². The van der Waals surface area contributed by atoms with Crippen molar-refractivity contribution in [2.45, 2.75) is 65.0 Å². The molecule has 2 N–H and O–H groups in total. The van der Waals surface area contributed by atoms with Gasteiger partial charge in [0.2, 0.25) is 5.91 Å². The first-order valence-corrected chi connectivity index (χ1v) is 10.8. The Bertz CT molecular complexity index is 853. The number of carbonyl (C=O) groups is 1. The van der Waals surface area contributed by atoms with E-state index in [-0.39, 0.29) is 5.91 Å². The van der Waals surface area contributed by atoms with Crippen molar-refractivity contribution < 1.29 is 4.79 Å². The highest BCUT2D eigenvalue weighted by Crippen LogP contribution is 2.45. The number of amides is 1. The van der Waals surface area contributed by atoms with Gasteiger partial charge in [-0.05, 0) is 70.7 Å². The quantitative estimate of drug-likeness (QED) is 0.746. The third kappa shape index (κ3) is 3.91. The smallest absolute Gasteiger partial charge is 0.228 e. The molecule has 0 spiro atoms. The second-order valence-electron chi connectivity index (χ2n) is 8.69. The standard InChI is InChI=1S/C25H35N3O/c1-6-27-22-13-9-7-11-20(22)17-25(24(26)29,21-12-8-10-14-23(21)27)15-16-28(18(2)3)19(4)5/h7-14,18-19H,6,15-17H2,1-5H3,(H2,26,29)/t25-/m0/s1. The Morgan fingerprint density at radius 3 is 2.21 bits per heavy atom. The highest BCUT2D eigenvalue weighted by atomic mass is 16.1. The molecule has 0 saturated carbocycles. The SMILES string of the molecule is CCN1c2ccccc2C[C@](CCN(C(C)C)C(C)C)(C(N)=O)c2ccccc21. The zero-order valence-electron chi connectivity index (χ0n) is 18.5. The van der Waals surface area contributed by atoms with Crippen LogP contribution in [0.2, 0.25) is 0 Å². The fourth-order valence-corrected chi connectivity index (χ4v) is 4.93. The van der Waals surface area contributed by atoms with Gasteiger partial charge in [-0.2, -0.15) is 0 Å². The zero-order chi connectivity index (χ0) is 21.2. The van der Waals surface area contributed by atoms with Gasteiger partial charge < -0.3 is 10.6 Å². The summed E-state index contributed by atoms with van der Waals surface area (Å²) >= 11 is 0. The van der Waals surface area contributed by atoms with E-state index in [1.54, 1.807) is 0 Å². The number of benzene rings is 2. The Kier molecular flexibility index (Phi) is 6.33. The van der Waals surface area contributed by atoms with Gasteiger partial charge in [0.05, 0.1) is 5.41 Å². The van der Waals surface area contributed by atoms with E-state index in [2.05, 4.69) is 86.9 Å². The Balaban J connectivity index is 2.16. The third-order valence-corrected chi connectivity index (χ3v) is 6.40. The minimum atomic E-state index is -0.724. The Labute approximate surface area is 175 Å². The van der Waals surface area contributed by atoms with E-state index in [0.29, 0.717) is 24.9 Å². The van der Waals surface area contributed by atoms with Crippen LogP contribution in [-0.2, 0) is 16.6 Å². The van der Waals surface area contributed by atoms with Crippen LogP contribution < -0.4 is 10.6 Å². The van der Waals surface area contributed by atoms with Crippen molar-refractivity contribution in [1.82, 2.24) is 4.90 Å². The zero-order valence-corrected chi connectivity index (χ0v) is 18.5. The molecule has 0 unspecified atom stereocenters. The number of fused-ring (bicyclic) bond motifs is 2. The van der Waals surface area contributed by atoms with Crippen LogP contribution in [-0.4, -0.2) is 36.0 Å². The summed E-state index contributed by atoms with van der Waals surface area (Å²) < 4.78 is 0. The number of carbonyl (C=O) groups excluding carboxylic acids is 1. The number of para-hydroxylation sites is 2. The Morgan fingerprint density at radius 1 is 1.03 bits per heavy atom. The molecule has 0 saturated heterocycles. The lowest BCUT2D eigenvalue weighted by Gasteiger charge is -2.37. The first-order valence-electron chi connectivity index (χ1n) is 10.8. The molecule has 0 radical (unpaired) electrons. The minimum absolute atomic E-state index is 0.231. The highest BCUT2D eigenvalue weighted by molar-refractivity contribution is 5.91. The summed E-state index contributed by atoms with van der Waals surface area (Å²) in [6.45, 7) is 12.7. The Hall–Kier alpha value is -2.33. The molecule has 1 aliphatic heterocycles. The lowest BCUT2D eigenvalue weighted by molar-refractivity contribution is -0.124. The van der Waals surface area contributed by atoms with E-state index >= 15 is 0 Å². The van der Waals surface area contributed by atoms with Crippen LogP contribution in [0.5, 0.6) is 0 Å². The molecule has 3 rings (SSSR count). The average Bonchev–Trinajstić information content (AvgIpc) is 2.80. The lowest BCUT2D eigenvalue weighted by Crippen LogP contribution is -2.47. The number of anilines is 2. The number of nitrogens with zero attached hydrogens (tertiary/aromatic N) is 2. The normalized spacial score (nSPS) is 18.7. The van der Waals surface area contributed by atoms with Crippen LogP contribution in [0, 0.1) is 0 Å². The Morgan fingerprint density at radius 2 is 1.62 bits per heavy atom. The number of hydrogen-bond acceptors (Lipinski definition) is 3. The van der Waals surface area contributed by atoms with Gasteiger partial charge >= 0.3 is 0 Å². The molecule has 1 heterocycles. The van der Waals surface area contributed by atoms with E-state index in [1.807, 2.05) is 6.07 Å². The highest BCUT2D eigenvalue weighted by Gasteiger charge is 2.44. The first-order chi connectivity index (χ1) is 13.8. The molecule has 156 valence electrons. The van der Waals surface area contributed by atoms with Crippen LogP contribution in [0.15, 0.2) is 48.5 Å². The number of primary amides is 1. The van der Waals surface area contributed by atoms with Crippen LogP contribution >= 0.6 is 0 Å². The molecule has 4 heteroatoms. The molecular weight excluding hydrogens is 358 g/mol. The van der Waals surface area contributed by atoms with Gasteiger partial charge in [-0.3, -0.25) is 9.69 Å². The van der Waals surface area contributed by atoms with Crippen molar-refractivity contribution in [2.75, 3.05) is 18.0 Å². The predicted molar refractivity (Wildman–Crippen MR) is 122 cm³/mol.